The lowest BCUT2D eigenvalue weighted by Crippen LogP contribution is -2.30. The number of hydrogen-bond acceptors (Lipinski definition) is 14. The number of benzene rings is 2. The van der Waals surface area contributed by atoms with E-state index >= 15 is 0 Å². The molecule has 0 N–H and O–H groups in total. The van der Waals surface area contributed by atoms with E-state index in [1.54, 1.807) is 12.1 Å². The number of rotatable bonds is 25. The predicted molar refractivity (Wildman–Crippen MR) is 210 cm³/mol. The van der Waals surface area contributed by atoms with E-state index in [-0.39, 0.29) is 88.2 Å². The lowest BCUT2D eigenvalue weighted by molar-refractivity contribution is -0.153. The zero-order valence-electron chi connectivity index (χ0n) is 33.1. The van der Waals surface area contributed by atoms with Gasteiger partial charge in [0.1, 0.15) is 38.1 Å². The van der Waals surface area contributed by atoms with E-state index in [1.165, 1.54) is 0 Å². The van der Waals surface area contributed by atoms with E-state index in [0.717, 1.165) is 49.0 Å². The zero-order valence-corrected chi connectivity index (χ0v) is 33.1. The predicted octanol–water partition coefficient (Wildman–Crippen LogP) is 5.67. The first kappa shape index (κ1) is 45.8. The summed E-state index contributed by atoms with van der Waals surface area (Å²) in [5.74, 6) is -1.53. The van der Waals surface area contributed by atoms with Crippen molar-refractivity contribution >= 4 is 29.8 Å². The van der Waals surface area contributed by atoms with Gasteiger partial charge in [-0.2, -0.15) is 0 Å². The number of esters is 5. The fourth-order valence-corrected chi connectivity index (χ4v) is 6.53. The van der Waals surface area contributed by atoms with Crippen LogP contribution in [0.15, 0.2) is 73.8 Å². The smallest absolute Gasteiger partial charge is 0.330 e. The van der Waals surface area contributed by atoms with Gasteiger partial charge in [-0.3, -0.25) is 14.4 Å². The largest absolute Gasteiger partial charge is 0.463 e. The van der Waals surface area contributed by atoms with Gasteiger partial charge in [-0.05, 0) is 99.6 Å². The molecule has 2 saturated carbocycles. The minimum atomic E-state index is -0.519. The third kappa shape index (κ3) is 17.3. The summed E-state index contributed by atoms with van der Waals surface area (Å²) < 4.78 is 48.2. The maximum Gasteiger partial charge on any atom is 0.330 e. The molecule has 14 heteroatoms. The topological polar surface area (TPSA) is 168 Å². The van der Waals surface area contributed by atoms with E-state index in [0.29, 0.717) is 63.2 Å². The highest BCUT2D eigenvalue weighted by molar-refractivity contribution is 5.81. The number of ether oxygens (including phenoxy) is 9. The van der Waals surface area contributed by atoms with Crippen molar-refractivity contribution in [3.8, 4) is 11.5 Å². The maximum atomic E-state index is 12.9. The molecule has 4 rings (SSSR count). The first-order valence-electron chi connectivity index (χ1n) is 19.9. The SMILES string of the molecule is C=CC(=O)OCCOCCOCOC1CCC(C(=O)Oc2ccc(CCc3ccc(OC(=O)C4CCC(C(=O)OCCOCCOC(=O)C=C)CC4)cc3)cc2)CC1. The molecule has 2 aliphatic carbocycles. The fourth-order valence-electron chi connectivity index (χ4n) is 6.53. The number of aryl methyl sites for hydroxylation is 2. The first-order chi connectivity index (χ1) is 28.2. The highest BCUT2D eigenvalue weighted by Crippen LogP contribution is 2.31. The second kappa shape index (κ2) is 26.2. The third-order valence-corrected chi connectivity index (χ3v) is 9.90. The van der Waals surface area contributed by atoms with Gasteiger partial charge >= 0.3 is 29.8 Å². The molecule has 0 bridgehead atoms. The van der Waals surface area contributed by atoms with Crippen LogP contribution < -0.4 is 9.47 Å². The molecule has 0 aromatic heterocycles. The summed E-state index contributed by atoms with van der Waals surface area (Å²) in [6.07, 6.45) is 8.84. The van der Waals surface area contributed by atoms with Crippen molar-refractivity contribution in [2.45, 2.75) is 70.3 Å². The van der Waals surface area contributed by atoms with Crippen molar-refractivity contribution in [2.24, 2.45) is 17.8 Å². The Morgan fingerprint density at radius 2 is 0.862 bits per heavy atom. The maximum absolute atomic E-state index is 12.9. The summed E-state index contributed by atoms with van der Waals surface area (Å²) in [6, 6.07) is 15.1. The van der Waals surface area contributed by atoms with Crippen LogP contribution in [0.1, 0.15) is 62.5 Å². The zero-order chi connectivity index (χ0) is 41.4. The van der Waals surface area contributed by atoms with Crippen molar-refractivity contribution < 1.29 is 66.6 Å². The molecule has 2 aromatic carbocycles. The van der Waals surface area contributed by atoms with E-state index in [4.69, 9.17) is 42.6 Å². The Balaban J connectivity index is 1.03. The molecule has 0 radical (unpaired) electrons. The molecule has 0 heterocycles. The molecule has 14 nitrogen and oxygen atoms in total. The summed E-state index contributed by atoms with van der Waals surface area (Å²) in [5.41, 5.74) is 2.20. The van der Waals surface area contributed by atoms with Gasteiger partial charge in [0.2, 0.25) is 0 Å². The van der Waals surface area contributed by atoms with Gasteiger partial charge in [0.25, 0.3) is 0 Å². The minimum absolute atomic E-state index is 0.0276. The molecule has 0 spiro atoms. The fraction of sp³-hybridized carbons (Fsp3) is 0.523. The Bertz CT molecular complexity index is 1590. The molecule has 316 valence electrons. The second-order valence-electron chi connectivity index (χ2n) is 14.0. The molecule has 58 heavy (non-hydrogen) atoms. The molecule has 2 aromatic rings. The molecule has 2 fully saturated rings. The summed E-state index contributed by atoms with van der Waals surface area (Å²) in [4.78, 5) is 60.1. The third-order valence-electron chi connectivity index (χ3n) is 9.90. The Morgan fingerprint density at radius 1 is 0.483 bits per heavy atom. The van der Waals surface area contributed by atoms with Gasteiger partial charge in [0.05, 0.1) is 56.9 Å². The van der Waals surface area contributed by atoms with Crippen LogP contribution in [-0.4, -0.2) is 95.6 Å². The normalized spacial score (nSPS) is 19.0. The number of carbonyl (C=O) groups excluding carboxylic acids is 5. The van der Waals surface area contributed by atoms with Crippen LogP contribution in [0.5, 0.6) is 11.5 Å². The highest BCUT2D eigenvalue weighted by Gasteiger charge is 2.32. The second-order valence-corrected chi connectivity index (χ2v) is 14.0. The molecule has 0 unspecified atom stereocenters. The molecule has 0 saturated heterocycles. The Kier molecular flexibility index (Phi) is 20.7. The van der Waals surface area contributed by atoms with Crippen LogP contribution >= 0.6 is 0 Å². The van der Waals surface area contributed by atoms with Crippen molar-refractivity contribution in [1.29, 1.82) is 0 Å². The quantitative estimate of drug-likeness (QED) is 0.0300. The van der Waals surface area contributed by atoms with E-state index in [1.807, 2.05) is 36.4 Å². The van der Waals surface area contributed by atoms with E-state index < -0.39 is 11.9 Å². The molecule has 0 amide bonds. The average molecular weight is 809 g/mol. The summed E-state index contributed by atoms with van der Waals surface area (Å²) >= 11 is 0. The average Bonchev–Trinajstić information content (AvgIpc) is 3.25. The lowest BCUT2D eigenvalue weighted by Gasteiger charge is -2.27. The molecular weight excluding hydrogens is 752 g/mol. The van der Waals surface area contributed by atoms with Crippen molar-refractivity contribution in [3.05, 3.63) is 85.0 Å². The monoisotopic (exact) mass is 808 g/mol. The standard InChI is InChI=1S/C44H56O14/c1-3-40(45)53-28-25-50-23-24-52-31-56-37-21-15-36(16-22-37)44(49)58-39-19-9-33(10-20-39)6-5-32-7-17-38(18-8-32)57-43(48)35-13-11-34(12-14-35)42(47)55-30-27-51-26-29-54-41(46)4-2/h3-4,7-10,17-20,34-37H,1-2,5-6,11-16,21-31H2. The Labute approximate surface area is 340 Å². The van der Waals surface area contributed by atoms with Crippen LogP contribution in [0.4, 0.5) is 0 Å². The van der Waals surface area contributed by atoms with Crippen LogP contribution in [0.2, 0.25) is 0 Å². The Hall–Kier alpha value is -4.89. The van der Waals surface area contributed by atoms with Gasteiger partial charge in [-0.25, -0.2) is 9.59 Å². The molecular formula is C44H56O14. The molecule has 0 atom stereocenters. The summed E-state index contributed by atoms with van der Waals surface area (Å²) in [6.45, 7) is 8.55. The molecule has 0 aliphatic heterocycles. The highest BCUT2D eigenvalue weighted by atomic mass is 16.7. The summed E-state index contributed by atoms with van der Waals surface area (Å²) in [7, 11) is 0. The van der Waals surface area contributed by atoms with Crippen molar-refractivity contribution in [3.63, 3.8) is 0 Å². The van der Waals surface area contributed by atoms with Crippen LogP contribution in [-0.2, 0) is 70.0 Å². The van der Waals surface area contributed by atoms with Crippen LogP contribution in [0.25, 0.3) is 0 Å². The number of carbonyl (C=O) groups is 5. The number of hydrogen-bond donors (Lipinski definition) is 0. The van der Waals surface area contributed by atoms with E-state index in [9.17, 15) is 24.0 Å². The van der Waals surface area contributed by atoms with Crippen LogP contribution in [0, 0.1) is 17.8 Å². The van der Waals surface area contributed by atoms with Gasteiger partial charge in [0, 0.05) is 12.2 Å². The van der Waals surface area contributed by atoms with Gasteiger partial charge < -0.3 is 42.6 Å². The lowest BCUT2D eigenvalue weighted by atomic mass is 9.82. The van der Waals surface area contributed by atoms with Crippen molar-refractivity contribution in [2.75, 3.05) is 59.6 Å². The van der Waals surface area contributed by atoms with Crippen molar-refractivity contribution in [1.82, 2.24) is 0 Å². The van der Waals surface area contributed by atoms with E-state index in [2.05, 4.69) is 13.2 Å². The van der Waals surface area contributed by atoms with Gasteiger partial charge in [-0.1, -0.05) is 37.4 Å². The Morgan fingerprint density at radius 3 is 1.31 bits per heavy atom. The molecule has 2 aliphatic rings. The first-order valence-corrected chi connectivity index (χ1v) is 19.9. The summed E-state index contributed by atoms with van der Waals surface area (Å²) in [5, 5.41) is 0. The minimum Gasteiger partial charge on any atom is -0.463 e. The van der Waals surface area contributed by atoms with Crippen LogP contribution in [0.3, 0.4) is 0 Å². The van der Waals surface area contributed by atoms with Gasteiger partial charge in [0.15, 0.2) is 0 Å². The van der Waals surface area contributed by atoms with Gasteiger partial charge in [-0.15, -0.1) is 0 Å².